The number of nitrogens with zero attached hydrogens (tertiary/aromatic N) is 2. The van der Waals surface area contributed by atoms with Gasteiger partial charge in [-0.1, -0.05) is 82.5 Å². The molecule has 0 aliphatic carbocycles. The van der Waals surface area contributed by atoms with Crippen molar-refractivity contribution in [1.29, 1.82) is 5.26 Å². The Hall–Kier alpha value is -3.10. The first-order valence-electron chi connectivity index (χ1n) is 13.8. The average molecular weight is 571 g/mol. The molecular weight excluding hydrogens is 529 g/mol. The molecule has 6 heteroatoms. The Kier molecular flexibility index (Phi) is 15.3. The van der Waals surface area contributed by atoms with E-state index in [1.165, 1.54) is 11.1 Å². The second-order valence-electron chi connectivity index (χ2n) is 9.92. The zero-order valence-electron chi connectivity index (χ0n) is 24.9. The highest BCUT2D eigenvalue weighted by Crippen LogP contribution is 2.37. The first-order chi connectivity index (χ1) is 18.9. The van der Waals surface area contributed by atoms with Gasteiger partial charge < -0.3 is 0 Å². The molecule has 0 unspecified atom stereocenters. The zero-order chi connectivity index (χ0) is 30.4. The fourth-order valence-electron chi connectivity index (χ4n) is 4.25. The average Bonchev–Trinajstić information content (AvgIpc) is 2.94. The number of rotatable bonds is 11. The molecule has 0 amide bonds. The van der Waals surface area contributed by atoms with Gasteiger partial charge >= 0.3 is 0 Å². The number of benzene rings is 2. The molecule has 40 heavy (non-hydrogen) atoms. The van der Waals surface area contributed by atoms with E-state index in [-0.39, 0.29) is 11.5 Å². The molecule has 0 aliphatic heterocycles. The van der Waals surface area contributed by atoms with Gasteiger partial charge in [0.05, 0.1) is 11.8 Å². The van der Waals surface area contributed by atoms with Crippen molar-refractivity contribution in [1.82, 2.24) is 0 Å². The number of aryl methyl sites for hydroxylation is 2. The third-order valence-corrected chi connectivity index (χ3v) is 7.12. The molecule has 2 nitrogen and oxygen atoms in total. The van der Waals surface area contributed by atoms with Crippen LogP contribution in [0.3, 0.4) is 0 Å². The van der Waals surface area contributed by atoms with Crippen LogP contribution >= 0.6 is 11.6 Å². The van der Waals surface area contributed by atoms with Crippen LogP contribution in [-0.4, -0.2) is 5.71 Å². The summed E-state index contributed by atoms with van der Waals surface area (Å²) >= 11 is 6.28. The molecule has 0 aliphatic rings. The van der Waals surface area contributed by atoms with E-state index >= 15 is 0 Å². The molecule has 0 saturated carbocycles. The Bertz CT molecular complexity index is 1300. The number of hydrogen-bond donors (Lipinski definition) is 0. The topological polar surface area (TPSA) is 36.1 Å². The van der Waals surface area contributed by atoms with Gasteiger partial charge in [-0.3, -0.25) is 4.99 Å². The highest BCUT2D eigenvalue weighted by Gasteiger charge is 2.21. The summed E-state index contributed by atoms with van der Waals surface area (Å²) in [5.41, 5.74) is 6.04. The third kappa shape index (κ3) is 10.1. The van der Waals surface area contributed by atoms with E-state index in [1.54, 1.807) is 25.1 Å². The summed E-state index contributed by atoms with van der Waals surface area (Å²) in [5, 5.41) is 8.99. The quantitative estimate of drug-likeness (QED) is 0.150. The van der Waals surface area contributed by atoms with Crippen LogP contribution in [-0.2, 0) is 6.42 Å². The normalized spacial score (nSPS) is 13.2. The smallest absolute Gasteiger partial charge is 0.162 e. The Labute approximate surface area is 244 Å². The van der Waals surface area contributed by atoms with Gasteiger partial charge in [-0.25, -0.2) is 13.2 Å². The molecule has 0 radical (unpaired) electrons. The maximum atomic E-state index is 14.6. The second-order valence-corrected chi connectivity index (χ2v) is 10.4. The lowest BCUT2D eigenvalue weighted by Crippen LogP contribution is -2.06. The third-order valence-electron chi connectivity index (χ3n) is 6.89. The zero-order valence-corrected chi connectivity index (χ0v) is 25.7. The van der Waals surface area contributed by atoms with Crippen molar-refractivity contribution in [3.8, 4) is 6.07 Å². The Morgan fingerprint density at radius 1 is 1.07 bits per heavy atom. The van der Waals surface area contributed by atoms with Crippen molar-refractivity contribution in [3.05, 3.63) is 99.0 Å². The van der Waals surface area contributed by atoms with Gasteiger partial charge in [0.15, 0.2) is 17.5 Å². The lowest BCUT2D eigenvalue weighted by atomic mass is 9.84. The summed E-state index contributed by atoms with van der Waals surface area (Å²) in [6, 6.07) is 11.0. The van der Waals surface area contributed by atoms with Gasteiger partial charge in [0.2, 0.25) is 0 Å². The summed E-state index contributed by atoms with van der Waals surface area (Å²) < 4.78 is 41.5. The molecule has 0 fully saturated rings. The van der Waals surface area contributed by atoms with Gasteiger partial charge in [0.1, 0.15) is 6.07 Å². The van der Waals surface area contributed by atoms with Crippen LogP contribution in [0.25, 0.3) is 5.57 Å². The minimum absolute atomic E-state index is 0.187. The molecule has 216 valence electrons. The number of aliphatic imine (C=N–C) groups is 1. The molecule has 0 spiro atoms. The minimum atomic E-state index is -0.751. The summed E-state index contributed by atoms with van der Waals surface area (Å²) in [4.78, 5) is 3.85. The molecule has 2 rings (SSSR count). The molecule has 0 bridgehead atoms. The molecule has 0 N–H and O–H groups in total. The van der Waals surface area contributed by atoms with E-state index in [9.17, 15) is 13.2 Å². The summed E-state index contributed by atoms with van der Waals surface area (Å²) in [7, 11) is 0. The maximum absolute atomic E-state index is 14.6. The first-order valence-corrected chi connectivity index (χ1v) is 14.2. The van der Waals surface area contributed by atoms with Gasteiger partial charge in [-0.2, -0.15) is 5.26 Å². The molecule has 0 heterocycles. The van der Waals surface area contributed by atoms with E-state index in [4.69, 9.17) is 16.9 Å². The lowest BCUT2D eigenvalue weighted by Gasteiger charge is -2.22. The number of hydrogen-bond acceptors (Lipinski definition) is 2. The van der Waals surface area contributed by atoms with Gasteiger partial charge in [-0.15, -0.1) is 0 Å². The van der Waals surface area contributed by atoms with Crippen molar-refractivity contribution >= 4 is 22.9 Å². The van der Waals surface area contributed by atoms with Crippen LogP contribution in [0.1, 0.15) is 102 Å². The fraction of sp³-hybridized carbons (Fsp3) is 0.412. The maximum Gasteiger partial charge on any atom is 0.162 e. The molecule has 2 aromatic rings. The van der Waals surface area contributed by atoms with Crippen LogP contribution in [0.4, 0.5) is 13.2 Å². The van der Waals surface area contributed by atoms with Crippen molar-refractivity contribution < 1.29 is 13.2 Å². The monoisotopic (exact) mass is 570 g/mol. The number of unbranched alkanes of at least 4 members (excludes halogenated alkanes) is 1. The van der Waals surface area contributed by atoms with Crippen molar-refractivity contribution in [2.75, 3.05) is 0 Å². The molecule has 0 saturated heterocycles. The predicted molar refractivity (Wildman–Crippen MR) is 164 cm³/mol. The van der Waals surface area contributed by atoms with E-state index in [0.29, 0.717) is 16.1 Å². The minimum Gasteiger partial charge on any atom is -0.263 e. The van der Waals surface area contributed by atoms with Crippen LogP contribution in [0.15, 0.2) is 65.1 Å². The Morgan fingerprint density at radius 2 is 1.75 bits per heavy atom. The van der Waals surface area contributed by atoms with Crippen molar-refractivity contribution in [2.24, 2.45) is 4.99 Å². The van der Waals surface area contributed by atoms with Crippen LogP contribution < -0.4 is 0 Å². The van der Waals surface area contributed by atoms with Crippen molar-refractivity contribution in [2.45, 2.75) is 92.9 Å². The standard InChI is InChI=1S/C24H29ClF2.C10H13FN2/c1-6-8-9-20(22-14-19(25)12-11-18(22)7-2)16(4)17(5)21-13-10-15(3)23(26)24(21)27;1-4-5-9(3)13-7-10(11)8(2)6-12/h10-14,17H,6-9H2,1-5H3;7H,2,4-5H2,1,3H3/b20-16+;10-7+,13-9?/t17-;/m1./s1. The second kappa shape index (κ2) is 17.6. The van der Waals surface area contributed by atoms with E-state index in [2.05, 4.69) is 31.5 Å². The van der Waals surface area contributed by atoms with Crippen LogP contribution in [0, 0.1) is 29.9 Å². The summed E-state index contributed by atoms with van der Waals surface area (Å²) in [6.45, 7) is 16.9. The molecule has 2 aromatic carbocycles. The van der Waals surface area contributed by atoms with E-state index in [1.807, 2.05) is 39.8 Å². The fourth-order valence-corrected chi connectivity index (χ4v) is 4.42. The largest absolute Gasteiger partial charge is 0.263 e. The number of nitriles is 1. The highest BCUT2D eigenvalue weighted by molar-refractivity contribution is 6.30. The van der Waals surface area contributed by atoms with Gasteiger partial charge in [0.25, 0.3) is 0 Å². The first kappa shape index (κ1) is 34.9. The molecule has 0 aromatic heterocycles. The molecule has 1 atom stereocenters. The Balaban J connectivity index is 0.000000520. The Morgan fingerprint density at radius 3 is 2.33 bits per heavy atom. The van der Waals surface area contributed by atoms with Crippen LogP contribution in [0.2, 0.25) is 5.02 Å². The summed E-state index contributed by atoms with van der Waals surface area (Å²) in [6.07, 6.45) is 6.76. The highest BCUT2D eigenvalue weighted by atomic mass is 35.5. The van der Waals surface area contributed by atoms with Gasteiger partial charge in [0, 0.05) is 16.7 Å². The SMILES string of the molecule is C=C(C#N)/C(F)=C\N=C(C)CCC.CCCC/C(=C(/C)[C@@H](C)c1ccc(C)c(F)c1F)c1cc(Cl)ccc1CC. The van der Waals surface area contributed by atoms with E-state index in [0.717, 1.165) is 61.6 Å². The van der Waals surface area contributed by atoms with Crippen LogP contribution in [0.5, 0.6) is 0 Å². The number of halogens is 4. The van der Waals surface area contributed by atoms with E-state index < -0.39 is 17.5 Å². The lowest BCUT2D eigenvalue weighted by molar-refractivity contribution is 0.490. The predicted octanol–water partition coefficient (Wildman–Crippen LogP) is 11.4. The summed E-state index contributed by atoms with van der Waals surface area (Å²) in [5.74, 6) is -2.37. The molecular formula is C34H42ClF3N2. The van der Waals surface area contributed by atoms with Crippen molar-refractivity contribution in [3.63, 3.8) is 0 Å². The van der Waals surface area contributed by atoms with Gasteiger partial charge in [-0.05, 0) is 86.4 Å². The number of allylic oxidation sites excluding steroid dienone is 4.